The van der Waals surface area contributed by atoms with Gasteiger partial charge in [-0.25, -0.2) is 0 Å². The molecule has 0 bridgehead atoms. The first kappa shape index (κ1) is 13.1. The number of benzene rings is 2. The maximum Gasteiger partial charge on any atom is 0.251 e. The summed E-state index contributed by atoms with van der Waals surface area (Å²) in [5.74, 6) is 0.677. The van der Waals surface area contributed by atoms with Crippen molar-refractivity contribution in [3.63, 3.8) is 0 Å². The van der Waals surface area contributed by atoms with Gasteiger partial charge < -0.3 is 9.84 Å². The molecule has 0 saturated heterocycles. The van der Waals surface area contributed by atoms with E-state index in [1.165, 1.54) is 5.56 Å². The number of fused-ring (bicyclic) bond motifs is 1. The van der Waals surface area contributed by atoms with Crippen molar-refractivity contribution in [3.8, 4) is 11.3 Å². The summed E-state index contributed by atoms with van der Waals surface area (Å²) in [6.45, 7) is 2.04. The van der Waals surface area contributed by atoms with Crippen LogP contribution >= 0.6 is 0 Å². The standard InChI is InChI=1S/C18H16N2O2/c1-11-2-4-12(5-3-11)17-15-10-13(6-9-16(15)20-22-17)18(21)19-14-7-8-14/h2-6,9-10,14H,7-8H2,1H3,(H,19,21). The largest absolute Gasteiger partial charge is 0.355 e. The smallest absolute Gasteiger partial charge is 0.251 e. The van der Waals surface area contributed by atoms with Gasteiger partial charge in [0.05, 0.1) is 5.39 Å². The molecule has 1 N–H and O–H groups in total. The van der Waals surface area contributed by atoms with Crippen LogP contribution < -0.4 is 5.32 Å². The molecule has 4 rings (SSSR count). The lowest BCUT2D eigenvalue weighted by Gasteiger charge is -2.03. The number of aryl methyl sites for hydroxylation is 1. The third kappa shape index (κ3) is 2.37. The normalized spacial score (nSPS) is 14.2. The minimum absolute atomic E-state index is 0.0274. The number of nitrogens with zero attached hydrogens (tertiary/aromatic N) is 1. The molecule has 4 heteroatoms. The number of hydrogen-bond donors (Lipinski definition) is 1. The number of hydrogen-bond acceptors (Lipinski definition) is 3. The van der Waals surface area contributed by atoms with Gasteiger partial charge in [0.25, 0.3) is 5.91 Å². The van der Waals surface area contributed by atoms with Crippen molar-refractivity contribution in [3.05, 3.63) is 53.6 Å². The van der Waals surface area contributed by atoms with Crippen molar-refractivity contribution in [1.82, 2.24) is 10.5 Å². The maximum atomic E-state index is 12.2. The molecule has 0 aliphatic heterocycles. The van der Waals surface area contributed by atoms with Crippen molar-refractivity contribution in [2.45, 2.75) is 25.8 Å². The molecule has 2 aromatic carbocycles. The van der Waals surface area contributed by atoms with Gasteiger partial charge in [-0.1, -0.05) is 35.0 Å². The Morgan fingerprint density at radius 3 is 2.68 bits per heavy atom. The number of carbonyl (C=O) groups excluding carboxylic acids is 1. The fourth-order valence-corrected chi connectivity index (χ4v) is 2.49. The molecule has 1 amide bonds. The Kier molecular flexibility index (Phi) is 2.96. The summed E-state index contributed by atoms with van der Waals surface area (Å²) in [6, 6.07) is 13.9. The number of carbonyl (C=O) groups is 1. The highest BCUT2D eigenvalue weighted by molar-refractivity contribution is 6.01. The summed E-state index contributed by atoms with van der Waals surface area (Å²) >= 11 is 0. The molecule has 0 unspecified atom stereocenters. The lowest BCUT2D eigenvalue weighted by atomic mass is 10.0. The Labute approximate surface area is 128 Å². The quantitative estimate of drug-likeness (QED) is 0.801. The predicted octanol–water partition coefficient (Wildman–Crippen LogP) is 3.70. The molecule has 1 aliphatic rings. The summed E-state index contributed by atoms with van der Waals surface area (Å²) in [6.07, 6.45) is 2.16. The molecule has 1 heterocycles. The highest BCUT2D eigenvalue weighted by Crippen LogP contribution is 2.29. The molecular formula is C18H16N2O2. The number of nitrogens with one attached hydrogen (secondary N) is 1. The topological polar surface area (TPSA) is 55.1 Å². The van der Waals surface area contributed by atoms with Crippen molar-refractivity contribution in [1.29, 1.82) is 0 Å². The SMILES string of the molecule is Cc1ccc(-c2onc3ccc(C(=O)NC4CC4)cc23)cc1. The van der Waals surface area contributed by atoms with Crippen LogP contribution in [0.1, 0.15) is 28.8 Å². The summed E-state index contributed by atoms with van der Waals surface area (Å²) in [5.41, 5.74) is 3.57. The van der Waals surface area contributed by atoms with E-state index in [-0.39, 0.29) is 5.91 Å². The Bertz CT molecular complexity index is 845. The average Bonchev–Trinajstić information content (AvgIpc) is 3.24. The zero-order chi connectivity index (χ0) is 15.1. The van der Waals surface area contributed by atoms with Crippen LogP contribution in [0.4, 0.5) is 0 Å². The minimum atomic E-state index is -0.0274. The van der Waals surface area contributed by atoms with Crippen LogP contribution in [0.15, 0.2) is 47.0 Å². The molecule has 0 radical (unpaired) electrons. The second-order valence-electron chi connectivity index (χ2n) is 5.86. The molecular weight excluding hydrogens is 276 g/mol. The van der Waals surface area contributed by atoms with Gasteiger partial charge in [-0.15, -0.1) is 0 Å². The van der Waals surface area contributed by atoms with E-state index in [2.05, 4.69) is 10.5 Å². The molecule has 1 saturated carbocycles. The van der Waals surface area contributed by atoms with Crippen molar-refractivity contribution in [2.75, 3.05) is 0 Å². The van der Waals surface area contributed by atoms with E-state index in [4.69, 9.17) is 4.52 Å². The molecule has 4 nitrogen and oxygen atoms in total. The molecule has 1 aliphatic carbocycles. The van der Waals surface area contributed by atoms with Crippen LogP contribution in [0.5, 0.6) is 0 Å². The fourth-order valence-electron chi connectivity index (χ4n) is 2.49. The molecule has 0 spiro atoms. The Morgan fingerprint density at radius 1 is 1.18 bits per heavy atom. The molecule has 3 aromatic rings. The van der Waals surface area contributed by atoms with Crippen molar-refractivity contribution in [2.24, 2.45) is 0 Å². The van der Waals surface area contributed by atoms with E-state index in [0.29, 0.717) is 17.4 Å². The van der Waals surface area contributed by atoms with Gasteiger partial charge in [0.1, 0.15) is 5.52 Å². The van der Waals surface area contributed by atoms with E-state index in [1.807, 2.05) is 43.3 Å². The maximum absolute atomic E-state index is 12.2. The van der Waals surface area contributed by atoms with E-state index in [1.54, 1.807) is 6.07 Å². The first-order valence-corrected chi connectivity index (χ1v) is 7.48. The number of amides is 1. The first-order chi connectivity index (χ1) is 10.7. The molecule has 1 aromatic heterocycles. The van der Waals surface area contributed by atoms with E-state index in [0.717, 1.165) is 29.3 Å². The Hall–Kier alpha value is -2.62. The van der Waals surface area contributed by atoms with Crippen LogP contribution in [-0.2, 0) is 0 Å². The van der Waals surface area contributed by atoms with Crippen LogP contribution in [-0.4, -0.2) is 17.1 Å². The van der Waals surface area contributed by atoms with Gasteiger partial charge in [-0.2, -0.15) is 0 Å². The lowest BCUT2D eigenvalue weighted by Crippen LogP contribution is -2.25. The van der Waals surface area contributed by atoms with Gasteiger partial charge in [-0.05, 0) is 38.0 Å². The minimum Gasteiger partial charge on any atom is -0.355 e. The van der Waals surface area contributed by atoms with Gasteiger partial charge in [0.2, 0.25) is 0 Å². The monoisotopic (exact) mass is 292 g/mol. The lowest BCUT2D eigenvalue weighted by molar-refractivity contribution is 0.0951. The predicted molar refractivity (Wildman–Crippen MR) is 84.7 cm³/mol. The van der Waals surface area contributed by atoms with E-state index in [9.17, 15) is 4.79 Å². The summed E-state index contributed by atoms with van der Waals surface area (Å²) in [5, 5.41) is 7.96. The van der Waals surface area contributed by atoms with Gasteiger partial charge in [0, 0.05) is 17.2 Å². The fraction of sp³-hybridized carbons (Fsp3) is 0.222. The molecule has 22 heavy (non-hydrogen) atoms. The van der Waals surface area contributed by atoms with Gasteiger partial charge in [-0.3, -0.25) is 4.79 Å². The summed E-state index contributed by atoms with van der Waals surface area (Å²) < 4.78 is 5.49. The average molecular weight is 292 g/mol. The second-order valence-corrected chi connectivity index (χ2v) is 5.86. The molecule has 1 fully saturated rings. The van der Waals surface area contributed by atoms with Crippen LogP contribution in [0.3, 0.4) is 0 Å². The highest BCUT2D eigenvalue weighted by atomic mass is 16.5. The zero-order valence-electron chi connectivity index (χ0n) is 12.3. The second kappa shape index (κ2) is 4.98. The summed E-state index contributed by atoms with van der Waals surface area (Å²) in [7, 11) is 0. The zero-order valence-corrected chi connectivity index (χ0v) is 12.3. The summed E-state index contributed by atoms with van der Waals surface area (Å²) in [4.78, 5) is 12.2. The van der Waals surface area contributed by atoms with Crippen molar-refractivity contribution >= 4 is 16.8 Å². The Morgan fingerprint density at radius 2 is 1.95 bits per heavy atom. The number of rotatable bonds is 3. The number of aromatic nitrogens is 1. The third-order valence-corrected chi connectivity index (χ3v) is 3.96. The highest BCUT2D eigenvalue weighted by Gasteiger charge is 2.24. The van der Waals surface area contributed by atoms with Crippen LogP contribution in [0.2, 0.25) is 0 Å². The van der Waals surface area contributed by atoms with Crippen LogP contribution in [0, 0.1) is 6.92 Å². The molecule has 110 valence electrons. The first-order valence-electron chi connectivity index (χ1n) is 7.48. The van der Waals surface area contributed by atoms with Crippen LogP contribution in [0.25, 0.3) is 22.2 Å². The van der Waals surface area contributed by atoms with Gasteiger partial charge in [0.15, 0.2) is 5.76 Å². The van der Waals surface area contributed by atoms with E-state index < -0.39 is 0 Å². The van der Waals surface area contributed by atoms with E-state index >= 15 is 0 Å². The van der Waals surface area contributed by atoms with Crippen molar-refractivity contribution < 1.29 is 9.32 Å². The Balaban J connectivity index is 1.75. The third-order valence-electron chi connectivity index (χ3n) is 3.96. The van der Waals surface area contributed by atoms with Gasteiger partial charge >= 0.3 is 0 Å². The molecule has 0 atom stereocenters.